The molecule has 0 spiro atoms. The maximum Gasteiger partial charge on any atom is 0.0628 e. The minimum atomic E-state index is 0.461. The molecule has 0 saturated heterocycles. The van der Waals surface area contributed by atoms with Gasteiger partial charge in [-0.1, -0.05) is 20.3 Å². The summed E-state index contributed by atoms with van der Waals surface area (Å²) in [6.07, 6.45) is 8.68. The van der Waals surface area contributed by atoms with E-state index in [1.807, 2.05) is 0 Å². The second kappa shape index (κ2) is 7.26. The standard InChI is InChI=1S/C17H31N3/c1-5-14-7-8-17(18-6-2)15(11-14)12-16-9-10-20(19-16)13(3)4/h9-10,13-15,17-18H,5-8,11-12H2,1-4H3. The lowest BCUT2D eigenvalue weighted by molar-refractivity contribution is 0.198. The van der Waals surface area contributed by atoms with Crippen LogP contribution >= 0.6 is 0 Å². The third kappa shape index (κ3) is 3.85. The van der Waals surface area contributed by atoms with Crippen LogP contribution in [0.5, 0.6) is 0 Å². The van der Waals surface area contributed by atoms with Gasteiger partial charge in [-0.2, -0.15) is 5.10 Å². The van der Waals surface area contributed by atoms with Gasteiger partial charge in [-0.25, -0.2) is 0 Å². The van der Waals surface area contributed by atoms with Gasteiger partial charge in [-0.15, -0.1) is 0 Å². The van der Waals surface area contributed by atoms with E-state index in [-0.39, 0.29) is 0 Å². The van der Waals surface area contributed by atoms with E-state index in [2.05, 4.69) is 50.0 Å². The van der Waals surface area contributed by atoms with Gasteiger partial charge >= 0.3 is 0 Å². The van der Waals surface area contributed by atoms with Crippen LogP contribution in [0, 0.1) is 11.8 Å². The zero-order valence-electron chi connectivity index (χ0n) is 13.6. The first-order chi connectivity index (χ1) is 9.63. The molecule has 1 aromatic rings. The highest BCUT2D eigenvalue weighted by Crippen LogP contribution is 2.33. The van der Waals surface area contributed by atoms with Gasteiger partial charge < -0.3 is 5.32 Å². The Morgan fingerprint density at radius 1 is 1.35 bits per heavy atom. The van der Waals surface area contributed by atoms with Crippen LogP contribution in [-0.2, 0) is 6.42 Å². The molecule has 3 atom stereocenters. The predicted molar refractivity (Wildman–Crippen MR) is 84.9 cm³/mol. The van der Waals surface area contributed by atoms with Crippen molar-refractivity contribution in [3.63, 3.8) is 0 Å². The summed E-state index contributed by atoms with van der Waals surface area (Å²) in [5, 5.41) is 8.43. The van der Waals surface area contributed by atoms with Gasteiger partial charge in [-0.3, -0.25) is 4.68 Å². The molecule has 20 heavy (non-hydrogen) atoms. The molecule has 0 aromatic carbocycles. The van der Waals surface area contributed by atoms with Crippen molar-refractivity contribution in [3.05, 3.63) is 18.0 Å². The Balaban J connectivity index is 2.01. The average molecular weight is 277 g/mol. The van der Waals surface area contributed by atoms with Gasteiger partial charge in [0.25, 0.3) is 0 Å². The van der Waals surface area contributed by atoms with Crippen molar-refractivity contribution in [2.45, 2.75) is 71.9 Å². The van der Waals surface area contributed by atoms with Crippen LogP contribution in [0.4, 0.5) is 0 Å². The highest BCUT2D eigenvalue weighted by Gasteiger charge is 2.29. The minimum absolute atomic E-state index is 0.461. The molecule has 1 N–H and O–H groups in total. The molecule has 1 fully saturated rings. The predicted octanol–water partition coefficient (Wildman–Crippen LogP) is 3.81. The van der Waals surface area contributed by atoms with E-state index in [1.165, 1.54) is 31.4 Å². The molecule has 1 aliphatic rings. The summed E-state index contributed by atoms with van der Waals surface area (Å²) in [5.74, 6) is 1.67. The van der Waals surface area contributed by atoms with Crippen molar-refractivity contribution < 1.29 is 0 Å². The Morgan fingerprint density at radius 3 is 2.75 bits per heavy atom. The van der Waals surface area contributed by atoms with Crippen LogP contribution in [-0.4, -0.2) is 22.4 Å². The van der Waals surface area contributed by atoms with Crippen LogP contribution in [0.25, 0.3) is 0 Å². The molecule has 0 aliphatic heterocycles. The molecule has 3 heteroatoms. The smallest absolute Gasteiger partial charge is 0.0628 e. The van der Waals surface area contributed by atoms with E-state index in [9.17, 15) is 0 Å². The average Bonchev–Trinajstić information content (AvgIpc) is 2.90. The summed E-state index contributed by atoms with van der Waals surface area (Å²) in [7, 11) is 0. The maximum atomic E-state index is 4.74. The molecule has 1 heterocycles. The van der Waals surface area contributed by atoms with Crippen LogP contribution < -0.4 is 5.32 Å². The molecule has 0 radical (unpaired) electrons. The topological polar surface area (TPSA) is 29.9 Å². The number of rotatable bonds is 6. The lowest BCUT2D eigenvalue weighted by atomic mass is 9.75. The van der Waals surface area contributed by atoms with E-state index in [1.54, 1.807) is 0 Å². The largest absolute Gasteiger partial charge is 0.314 e. The molecular formula is C17H31N3. The molecule has 0 amide bonds. The van der Waals surface area contributed by atoms with Gasteiger partial charge in [0.05, 0.1) is 5.69 Å². The fourth-order valence-electron chi connectivity index (χ4n) is 3.53. The van der Waals surface area contributed by atoms with E-state index in [0.717, 1.165) is 24.8 Å². The highest BCUT2D eigenvalue weighted by atomic mass is 15.3. The highest BCUT2D eigenvalue weighted by molar-refractivity contribution is 5.03. The van der Waals surface area contributed by atoms with Crippen LogP contribution in [0.3, 0.4) is 0 Å². The normalized spacial score (nSPS) is 27.1. The zero-order valence-corrected chi connectivity index (χ0v) is 13.6. The first kappa shape index (κ1) is 15.6. The number of nitrogens with one attached hydrogen (secondary N) is 1. The van der Waals surface area contributed by atoms with Gasteiger partial charge in [0.15, 0.2) is 0 Å². The van der Waals surface area contributed by atoms with E-state index in [4.69, 9.17) is 5.10 Å². The fourth-order valence-corrected chi connectivity index (χ4v) is 3.53. The first-order valence-corrected chi connectivity index (χ1v) is 8.41. The summed E-state index contributed by atoms with van der Waals surface area (Å²) in [4.78, 5) is 0. The van der Waals surface area contributed by atoms with Gasteiger partial charge in [-0.05, 0) is 64.0 Å². The Morgan fingerprint density at radius 2 is 2.15 bits per heavy atom. The lowest BCUT2D eigenvalue weighted by Gasteiger charge is -2.36. The summed E-state index contributed by atoms with van der Waals surface area (Å²) < 4.78 is 2.08. The molecule has 3 nitrogen and oxygen atoms in total. The van der Waals surface area contributed by atoms with E-state index in [0.29, 0.717) is 12.1 Å². The van der Waals surface area contributed by atoms with Crippen molar-refractivity contribution in [1.82, 2.24) is 15.1 Å². The Hall–Kier alpha value is -0.830. The summed E-state index contributed by atoms with van der Waals surface area (Å²) in [6.45, 7) is 10.0. The lowest BCUT2D eigenvalue weighted by Crippen LogP contribution is -2.41. The molecular weight excluding hydrogens is 246 g/mol. The van der Waals surface area contributed by atoms with Gasteiger partial charge in [0, 0.05) is 18.3 Å². The molecule has 0 bridgehead atoms. The fraction of sp³-hybridized carbons (Fsp3) is 0.824. The molecule has 114 valence electrons. The SMILES string of the molecule is CCNC1CCC(CC)CC1Cc1ccn(C(C)C)n1. The third-order valence-corrected chi connectivity index (χ3v) is 4.80. The number of aromatic nitrogens is 2. The quantitative estimate of drug-likeness (QED) is 0.857. The van der Waals surface area contributed by atoms with Crippen molar-refractivity contribution in [3.8, 4) is 0 Å². The third-order valence-electron chi connectivity index (χ3n) is 4.80. The van der Waals surface area contributed by atoms with Crippen LogP contribution in [0.1, 0.15) is 65.1 Å². The van der Waals surface area contributed by atoms with E-state index < -0.39 is 0 Å². The first-order valence-electron chi connectivity index (χ1n) is 8.41. The summed E-state index contributed by atoms with van der Waals surface area (Å²) >= 11 is 0. The number of hydrogen-bond acceptors (Lipinski definition) is 2. The second-order valence-corrected chi connectivity index (χ2v) is 6.60. The second-order valence-electron chi connectivity index (χ2n) is 6.60. The van der Waals surface area contributed by atoms with Crippen molar-refractivity contribution >= 4 is 0 Å². The molecule has 2 rings (SSSR count). The van der Waals surface area contributed by atoms with Crippen molar-refractivity contribution in [1.29, 1.82) is 0 Å². The number of hydrogen-bond donors (Lipinski definition) is 1. The Labute approximate surface area is 124 Å². The van der Waals surface area contributed by atoms with Crippen LogP contribution in [0.2, 0.25) is 0 Å². The summed E-state index contributed by atoms with van der Waals surface area (Å²) in [6, 6.07) is 3.36. The summed E-state index contributed by atoms with van der Waals surface area (Å²) in [5.41, 5.74) is 1.27. The molecule has 1 saturated carbocycles. The Kier molecular flexibility index (Phi) is 5.64. The minimum Gasteiger partial charge on any atom is -0.314 e. The molecule has 1 aromatic heterocycles. The molecule has 3 unspecified atom stereocenters. The van der Waals surface area contributed by atoms with Crippen LogP contribution in [0.15, 0.2) is 12.3 Å². The number of nitrogens with zero attached hydrogens (tertiary/aromatic N) is 2. The van der Waals surface area contributed by atoms with Crippen molar-refractivity contribution in [2.75, 3.05) is 6.54 Å². The van der Waals surface area contributed by atoms with E-state index >= 15 is 0 Å². The molecule has 1 aliphatic carbocycles. The van der Waals surface area contributed by atoms with Crippen molar-refractivity contribution in [2.24, 2.45) is 11.8 Å². The Bertz CT molecular complexity index is 397. The van der Waals surface area contributed by atoms with Gasteiger partial charge in [0.1, 0.15) is 0 Å². The maximum absolute atomic E-state index is 4.74. The monoisotopic (exact) mass is 277 g/mol. The van der Waals surface area contributed by atoms with Gasteiger partial charge in [0.2, 0.25) is 0 Å². The zero-order chi connectivity index (χ0) is 14.5.